The lowest BCUT2D eigenvalue weighted by molar-refractivity contribution is 0.714. The molecule has 3 aromatic rings. The smallest absolute Gasteiger partial charge is 0.0629 e. The van der Waals surface area contributed by atoms with E-state index in [1.807, 2.05) is 0 Å². The van der Waals surface area contributed by atoms with Crippen LogP contribution in [-0.4, -0.2) is 12.1 Å². The van der Waals surface area contributed by atoms with Gasteiger partial charge in [-0.1, -0.05) is 115 Å². The van der Waals surface area contributed by atoms with Crippen molar-refractivity contribution in [1.29, 1.82) is 0 Å². The Labute approximate surface area is 261 Å². The number of para-hydroxylation sites is 2. The van der Waals surface area contributed by atoms with E-state index < -0.39 is 0 Å². The van der Waals surface area contributed by atoms with E-state index in [1.54, 1.807) is 0 Å². The Kier molecular flexibility index (Phi) is 7.12. The standard InChI is InChI=1S/C42H38N2/c1-3-11-31(12-4-1)32-19-25-36(26-20-32)43(35-13-5-2-6-14-35)37-27-21-33(22-28-37)34-23-29-38(30-24-34)44-41-17-9-7-15-39(41)40-16-8-10-18-42(40)44/h1-3,5-11,13-19,21-25,27,29-30,37,39,41H,4,12,20,26,28H2/t37-,39?,41?/m1/s1. The molecule has 4 aliphatic carbocycles. The maximum Gasteiger partial charge on any atom is 0.0629 e. The molecule has 0 bridgehead atoms. The molecular weight excluding hydrogens is 532 g/mol. The summed E-state index contributed by atoms with van der Waals surface area (Å²) >= 11 is 0. The van der Waals surface area contributed by atoms with Crippen molar-refractivity contribution in [1.82, 2.24) is 0 Å². The Balaban J connectivity index is 1.03. The Morgan fingerprint density at radius 2 is 1.50 bits per heavy atom. The zero-order chi connectivity index (χ0) is 29.3. The molecule has 0 saturated heterocycles. The molecule has 3 atom stereocenters. The second kappa shape index (κ2) is 11.7. The van der Waals surface area contributed by atoms with Crippen molar-refractivity contribution in [3.63, 3.8) is 0 Å². The van der Waals surface area contributed by atoms with Crippen LogP contribution in [-0.2, 0) is 0 Å². The molecule has 0 radical (unpaired) electrons. The van der Waals surface area contributed by atoms with Crippen LogP contribution in [0, 0.1) is 0 Å². The minimum Gasteiger partial charge on any atom is -0.338 e. The fourth-order valence-corrected chi connectivity index (χ4v) is 7.54. The zero-order valence-electron chi connectivity index (χ0n) is 25.1. The molecule has 0 N–H and O–H groups in total. The van der Waals surface area contributed by atoms with Gasteiger partial charge in [-0.3, -0.25) is 0 Å². The molecule has 2 nitrogen and oxygen atoms in total. The fraction of sp³-hybridized carbons (Fsp3) is 0.190. The molecule has 216 valence electrons. The van der Waals surface area contributed by atoms with Crippen LogP contribution in [0.15, 0.2) is 169 Å². The third-order valence-corrected chi connectivity index (χ3v) is 9.74. The van der Waals surface area contributed by atoms with Gasteiger partial charge < -0.3 is 9.80 Å². The summed E-state index contributed by atoms with van der Waals surface area (Å²) in [5.74, 6) is 0.409. The van der Waals surface area contributed by atoms with Gasteiger partial charge in [-0.05, 0) is 96.4 Å². The summed E-state index contributed by atoms with van der Waals surface area (Å²) in [7, 11) is 0. The predicted molar refractivity (Wildman–Crippen MR) is 186 cm³/mol. The molecule has 0 saturated carbocycles. The second-order valence-electron chi connectivity index (χ2n) is 12.3. The van der Waals surface area contributed by atoms with Crippen molar-refractivity contribution < 1.29 is 0 Å². The predicted octanol–water partition coefficient (Wildman–Crippen LogP) is 10.5. The van der Waals surface area contributed by atoms with Crippen LogP contribution < -0.4 is 9.80 Å². The van der Waals surface area contributed by atoms with Gasteiger partial charge in [0.05, 0.1) is 12.1 Å². The van der Waals surface area contributed by atoms with Crippen molar-refractivity contribution >= 4 is 22.6 Å². The normalized spacial score (nSPS) is 23.4. The lowest BCUT2D eigenvalue weighted by atomic mass is 9.89. The zero-order valence-corrected chi connectivity index (χ0v) is 25.1. The molecule has 3 aromatic carbocycles. The highest BCUT2D eigenvalue weighted by molar-refractivity contribution is 5.79. The van der Waals surface area contributed by atoms with Gasteiger partial charge in [-0.25, -0.2) is 0 Å². The molecule has 8 rings (SSSR count). The first-order valence-electron chi connectivity index (χ1n) is 16.2. The first-order valence-corrected chi connectivity index (χ1v) is 16.2. The van der Waals surface area contributed by atoms with E-state index in [9.17, 15) is 0 Å². The van der Waals surface area contributed by atoms with Crippen molar-refractivity contribution in [2.24, 2.45) is 0 Å². The van der Waals surface area contributed by atoms with Crippen LogP contribution in [0.25, 0.3) is 5.57 Å². The minimum atomic E-state index is 0.294. The van der Waals surface area contributed by atoms with Gasteiger partial charge in [0.15, 0.2) is 0 Å². The molecule has 5 aliphatic rings. The summed E-state index contributed by atoms with van der Waals surface area (Å²) in [6, 6.07) is 29.6. The summed E-state index contributed by atoms with van der Waals surface area (Å²) in [4.78, 5) is 5.06. The average molecular weight is 571 g/mol. The van der Waals surface area contributed by atoms with E-state index >= 15 is 0 Å². The maximum absolute atomic E-state index is 2.56. The SMILES string of the molecule is C1=CCCC(C2=CC=C(N(c3ccccc3)[C@@H]3C=CC(c4ccc(N5c6ccccc6C6C=CC=CC65)cc4)=CC3)CC2)=C1. The van der Waals surface area contributed by atoms with E-state index in [-0.39, 0.29) is 0 Å². The third-order valence-electron chi connectivity index (χ3n) is 9.74. The van der Waals surface area contributed by atoms with E-state index in [4.69, 9.17) is 0 Å². The van der Waals surface area contributed by atoms with E-state index in [2.05, 4.69) is 162 Å². The van der Waals surface area contributed by atoms with Crippen LogP contribution in [0.4, 0.5) is 17.1 Å². The first kappa shape index (κ1) is 26.8. The molecule has 2 heteroatoms. The van der Waals surface area contributed by atoms with Crippen LogP contribution >= 0.6 is 0 Å². The first-order chi connectivity index (χ1) is 21.8. The molecule has 1 aliphatic heterocycles. The number of allylic oxidation sites excluding steroid dienone is 12. The van der Waals surface area contributed by atoms with Crippen LogP contribution in [0.5, 0.6) is 0 Å². The number of nitrogens with zero attached hydrogens (tertiary/aromatic N) is 2. The van der Waals surface area contributed by atoms with Gasteiger partial charge in [0, 0.05) is 28.7 Å². The van der Waals surface area contributed by atoms with Gasteiger partial charge in [0.25, 0.3) is 0 Å². The number of hydrogen-bond acceptors (Lipinski definition) is 2. The number of benzene rings is 3. The highest BCUT2D eigenvalue weighted by atomic mass is 15.2. The quantitative estimate of drug-likeness (QED) is 0.291. The number of fused-ring (bicyclic) bond motifs is 3. The third kappa shape index (κ3) is 4.95. The summed E-state index contributed by atoms with van der Waals surface area (Å²) < 4.78 is 0. The number of hydrogen-bond donors (Lipinski definition) is 0. The Morgan fingerprint density at radius 1 is 0.682 bits per heavy atom. The minimum absolute atomic E-state index is 0.294. The second-order valence-corrected chi connectivity index (χ2v) is 12.3. The van der Waals surface area contributed by atoms with E-state index in [0.29, 0.717) is 18.0 Å². The monoisotopic (exact) mass is 570 g/mol. The molecule has 44 heavy (non-hydrogen) atoms. The summed E-state index contributed by atoms with van der Waals surface area (Å²) in [6.45, 7) is 0. The lowest BCUT2D eigenvalue weighted by Crippen LogP contribution is -2.34. The van der Waals surface area contributed by atoms with Gasteiger partial charge in [0.2, 0.25) is 0 Å². The molecule has 0 amide bonds. The number of anilines is 3. The highest BCUT2D eigenvalue weighted by Gasteiger charge is 2.37. The summed E-state index contributed by atoms with van der Waals surface area (Å²) in [5.41, 5.74) is 12.2. The van der Waals surface area contributed by atoms with Gasteiger partial charge in [-0.15, -0.1) is 0 Å². The highest BCUT2D eigenvalue weighted by Crippen LogP contribution is 2.47. The van der Waals surface area contributed by atoms with Crippen molar-refractivity contribution in [3.8, 4) is 0 Å². The fourth-order valence-electron chi connectivity index (χ4n) is 7.54. The molecular formula is C42H38N2. The van der Waals surface area contributed by atoms with Gasteiger partial charge >= 0.3 is 0 Å². The Hall–Kier alpha value is -4.82. The van der Waals surface area contributed by atoms with Gasteiger partial charge in [-0.2, -0.15) is 0 Å². The van der Waals surface area contributed by atoms with Crippen molar-refractivity contribution in [3.05, 3.63) is 180 Å². The number of rotatable bonds is 6. The molecule has 1 heterocycles. The Morgan fingerprint density at radius 3 is 2.27 bits per heavy atom. The van der Waals surface area contributed by atoms with Gasteiger partial charge in [0.1, 0.15) is 0 Å². The topological polar surface area (TPSA) is 6.48 Å². The van der Waals surface area contributed by atoms with Crippen LogP contribution in [0.1, 0.15) is 49.1 Å². The van der Waals surface area contributed by atoms with E-state index in [0.717, 1.165) is 32.1 Å². The summed E-state index contributed by atoms with van der Waals surface area (Å²) in [6.07, 6.45) is 33.2. The van der Waals surface area contributed by atoms with E-state index in [1.165, 1.54) is 50.6 Å². The van der Waals surface area contributed by atoms with Crippen LogP contribution in [0.2, 0.25) is 0 Å². The van der Waals surface area contributed by atoms with Crippen molar-refractivity contribution in [2.75, 3.05) is 9.80 Å². The maximum atomic E-state index is 2.56. The van der Waals surface area contributed by atoms with Crippen molar-refractivity contribution in [2.45, 2.75) is 50.1 Å². The van der Waals surface area contributed by atoms with Crippen LogP contribution in [0.3, 0.4) is 0 Å². The molecule has 2 unspecified atom stereocenters. The Bertz CT molecular complexity index is 1790. The molecule has 0 spiro atoms. The molecule has 0 aromatic heterocycles. The molecule has 0 fully saturated rings. The lowest BCUT2D eigenvalue weighted by Gasteiger charge is -2.36. The largest absolute Gasteiger partial charge is 0.338 e. The summed E-state index contributed by atoms with van der Waals surface area (Å²) in [5, 5.41) is 0. The average Bonchev–Trinajstić information content (AvgIpc) is 3.44.